The summed E-state index contributed by atoms with van der Waals surface area (Å²) in [5.41, 5.74) is 0. The molecule has 0 aromatic carbocycles. The van der Waals surface area contributed by atoms with Crippen molar-refractivity contribution < 1.29 is 9.59 Å². The standard InChI is InChI=1S/C10H10Cl2N4O2/c11-6-4-7(15-10(12)13-6)14-8(17)5-16-3-1-2-9(16)18/h4H,1-3,5H2,(H,13,14,15,17). The van der Waals surface area contributed by atoms with Gasteiger partial charge in [0.25, 0.3) is 0 Å². The van der Waals surface area contributed by atoms with Gasteiger partial charge in [-0.1, -0.05) is 11.6 Å². The van der Waals surface area contributed by atoms with E-state index in [1.165, 1.54) is 11.0 Å². The molecule has 1 aromatic rings. The molecule has 0 radical (unpaired) electrons. The molecule has 1 N–H and O–H groups in total. The number of aromatic nitrogens is 2. The first-order chi connectivity index (χ1) is 8.54. The van der Waals surface area contributed by atoms with Gasteiger partial charge < -0.3 is 10.2 Å². The Labute approximate surface area is 113 Å². The van der Waals surface area contributed by atoms with Crippen LogP contribution in [0.1, 0.15) is 12.8 Å². The van der Waals surface area contributed by atoms with Crippen molar-refractivity contribution in [1.82, 2.24) is 14.9 Å². The number of hydrogen-bond acceptors (Lipinski definition) is 4. The summed E-state index contributed by atoms with van der Waals surface area (Å²) in [5, 5.41) is 2.61. The third kappa shape index (κ3) is 3.30. The lowest BCUT2D eigenvalue weighted by atomic mass is 10.4. The predicted octanol–water partition coefficient (Wildman–Crippen LogP) is 1.34. The quantitative estimate of drug-likeness (QED) is 0.673. The maximum Gasteiger partial charge on any atom is 0.245 e. The lowest BCUT2D eigenvalue weighted by Crippen LogP contribution is -2.34. The normalized spacial score (nSPS) is 15.0. The maximum absolute atomic E-state index is 11.7. The maximum atomic E-state index is 11.7. The van der Waals surface area contributed by atoms with Gasteiger partial charge in [-0.15, -0.1) is 0 Å². The molecular formula is C10H10Cl2N4O2. The number of halogens is 2. The van der Waals surface area contributed by atoms with Crippen LogP contribution in [0.25, 0.3) is 0 Å². The first-order valence-electron chi connectivity index (χ1n) is 5.32. The number of hydrogen-bond donors (Lipinski definition) is 1. The molecule has 1 aliphatic rings. The molecule has 1 fully saturated rings. The van der Waals surface area contributed by atoms with E-state index in [1.54, 1.807) is 0 Å². The van der Waals surface area contributed by atoms with Crippen LogP contribution >= 0.6 is 23.2 Å². The van der Waals surface area contributed by atoms with Gasteiger partial charge in [0.05, 0.1) is 6.54 Å². The summed E-state index contributed by atoms with van der Waals surface area (Å²) in [6.07, 6.45) is 1.29. The van der Waals surface area contributed by atoms with E-state index >= 15 is 0 Å². The summed E-state index contributed by atoms with van der Waals surface area (Å²) in [6.45, 7) is 0.621. The van der Waals surface area contributed by atoms with Crippen LogP contribution in [0.4, 0.5) is 5.82 Å². The van der Waals surface area contributed by atoms with E-state index in [0.717, 1.165) is 6.42 Å². The molecule has 2 amide bonds. The molecule has 1 aliphatic heterocycles. The molecule has 96 valence electrons. The average molecular weight is 289 g/mol. The molecule has 6 nitrogen and oxygen atoms in total. The molecule has 0 unspecified atom stereocenters. The third-order valence-corrected chi connectivity index (χ3v) is 2.80. The van der Waals surface area contributed by atoms with Crippen LogP contribution in [0, 0.1) is 0 Å². The first-order valence-corrected chi connectivity index (χ1v) is 6.08. The first kappa shape index (κ1) is 13.0. The summed E-state index contributed by atoms with van der Waals surface area (Å²) in [7, 11) is 0. The van der Waals surface area contributed by atoms with Gasteiger partial charge in [0.1, 0.15) is 11.0 Å². The summed E-state index contributed by atoms with van der Waals surface area (Å²) in [6, 6.07) is 1.39. The van der Waals surface area contributed by atoms with E-state index in [2.05, 4.69) is 15.3 Å². The third-order valence-electron chi connectivity index (χ3n) is 2.44. The SMILES string of the molecule is O=C(CN1CCCC1=O)Nc1cc(Cl)nc(Cl)n1. The number of nitrogens with zero attached hydrogens (tertiary/aromatic N) is 3. The molecule has 0 spiro atoms. The molecule has 1 aromatic heterocycles. The zero-order valence-corrected chi connectivity index (χ0v) is 10.8. The molecular weight excluding hydrogens is 279 g/mol. The van der Waals surface area contributed by atoms with E-state index in [-0.39, 0.29) is 34.6 Å². The molecule has 0 bridgehead atoms. The highest BCUT2D eigenvalue weighted by molar-refractivity contribution is 6.32. The molecule has 1 saturated heterocycles. The van der Waals surface area contributed by atoms with Gasteiger partial charge in [-0.25, -0.2) is 9.97 Å². The topological polar surface area (TPSA) is 75.2 Å². The summed E-state index contributed by atoms with van der Waals surface area (Å²) in [4.78, 5) is 32.0. The fourth-order valence-corrected chi connectivity index (χ4v) is 2.09. The van der Waals surface area contributed by atoms with E-state index < -0.39 is 0 Å². The number of nitrogens with one attached hydrogen (secondary N) is 1. The fourth-order valence-electron chi connectivity index (χ4n) is 1.68. The number of amides is 2. The fraction of sp³-hybridized carbons (Fsp3) is 0.400. The van der Waals surface area contributed by atoms with E-state index in [0.29, 0.717) is 13.0 Å². The van der Waals surface area contributed by atoms with E-state index in [1.807, 2.05) is 0 Å². The Morgan fingerprint density at radius 2 is 2.22 bits per heavy atom. The van der Waals surface area contributed by atoms with Crippen molar-refractivity contribution in [3.8, 4) is 0 Å². The minimum absolute atomic E-state index is 0.0103. The van der Waals surface area contributed by atoms with Crippen molar-refractivity contribution in [3.05, 3.63) is 16.5 Å². The summed E-state index contributed by atoms with van der Waals surface area (Å²) < 4.78 is 0. The van der Waals surface area contributed by atoms with Crippen molar-refractivity contribution in [1.29, 1.82) is 0 Å². The molecule has 0 atom stereocenters. The Kier molecular flexibility index (Phi) is 3.98. The highest BCUT2D eigenvalue weighted by Crippen LogP contribution is 2.15. The molecule has 2 rings (SSSR count). The Bertz CT molecular complexity index is 475. The van der Waals surface area contributed by atoms with Crippen molar-refractivity contribution in [2.75, 3.05) is 18.4 Å². The number of carbonyl (C=O) groups is 2. The number of likely N-dealkylation sites (tertiary alicyclic amines) is 1. The number of rotatable bonds is 3. The second-order valence-electron chi connectivity index (χ2n) is 3.81. The number of carbonyl (C=O) groups excluding carboxylic acids is 2. The van der Waals surface area contributed by atoms with Crippen molar-refractivity contribution in [3.63, 3.8) is 0 Å². The Morgan fingerprint density at radius 3 is 2.83 bits per heavy atom. The Hall–Kier alpha value is -1.40. The van der Waals surface area contributed by atoms with Gasteiger partial charge in [0.15, 0.2) is 0 Å². The van der Waals surface area contributed by atoms with Crippen LogP contribution in [0.3, 0.4) is 0 Å². The van der Waals surface area contributed by atoms with Gasteiger partial charge in [-0.05, 0) is 18.0 Å². The molecule has 2 heterocycles. The smallest absolute Gasteiger partial charge is 0.245 e. The Balaban J connectivity index is 1.96. The molecule has 18 heavy (non-hydrogen) atoms. The predicted molar refractivity (Wildman–Crippen MR) is 66.5 cm³/mol. The lowest BCUT2D eigenvalue weighted by molar-refractivity contribution is -0.131. The van der Waals surface area contributed by atoms with Gasteiger partial charge in [-0.2, -0.15) is 0 Å². The van der Waals surface area contributed by atoms with Gasteiger partial charge in [0.2, 0.25) is 17.1 Å². The van der Waals surface area contributed by atoms with E-state index in [4.69, 9.17) is 23.2 Å². The van der Waals surface area contributed by atoms with Gasteiger partial charge >= 0.3 is 0 Å². The highest BCUT2D eigenvalue weighted by Gasteiger charge is 2.22. The van der Waals surface area contributed by atoms with Crippen molar-refractivity contribution in [2.45, 2.75) is 12.8 Å². The zero-order valence-electron chi connectivity index (χ0n) is 9.32. The lowest BCUT2D eigenvalue weighted by Gasteiger charge is -2.14. The number of anilines is 1. The Morgan fingerprint density at radius 1 is 1.44 bits per heavy atom. The van der Waals surface area contributed by atoms with Crippen molar-refractivity contribution in [2.24, 2.45) is 0 Å². The summed E-state index contributed by atoms with van der Waals surface area (Å²) >= 11 is 11.3. The average Bonchev–Trinajstić information content (AvgIpc) is 2.62. The second-order valence-corrected chi connectivity index (χ2v) is 4.54. The summed E-state index contributed by atoms with van der Waals surface area (Å²) in [5.74, 6) is -0.128. The minimum atomic E-state index is -0.337. The monoisotopic (exact) mass is 288 g/mol. The molecule has 8 heteroatoms. The van der Waals surface area contributed by atoms with Gasteiger partial charge in [-0.3, -0.25) is 9.59 Å². The van der Waals surface area contributed by atoms with Gasteiger partial charge in [0, 0.05) is 19.0 Å². The van der Waals surface area contributed by atoms with Crippen LogP contribution in [0.2, 0.25) is 10.4 Å². The van der Waals surface area contributed by atoms with Crippen LogP contribution < -0.4 is 5.32 Å². The van der Waals surface area contributed by atoms with Crippen LogP contribution in [0.5, 0.6) is 0 Å². The van der Waals surface area contributed by atoms with E-state index in [9.17, 15) is 9.59 Å². The molecule has 0 saturated carbocycles. The van der Waals surface area contributed by atoms with Crippen LogP contribution in [-0.2, 0) is 9.59 Å². The second kappa shape index (κ2) is 5.49. The molecule has 0 aliphatic carbocycles. The largest absolute Gasteiger partial charge is 0.333 e. The van der Waals surface area contributed by atoms with Crippen molar-refractivity contribution >= 4 is 40.8 Å². The van der Waals surface area contributed by atoms with Crippen LogP contribution in [-0.4, -0.2) is 39.8 Å². The van der Waals surface area contributed by atoms with Crippen LogP contribution in [0.15, 0.2) is 6.07 Å². The highest BCUT2D eigenvalue weighted by atomic mass is 35.5. The minimum Gasteiger partial charge on any atom is -0.333 e. The zero-order chi connectivity index (χ0) is 13.1.